The Kier molecular flexibility index (Phi) is 21.5. The second-order valence-corrected chi connectivity index (χ2v) is 30.1. The van der Waals surface area contributed by atoms with Gasteiger partial charge in [-0.05, 0) is 83.0 Å². The molecule has 20 heteroatoms. The molecule has 1 saturated carbocycles. The van der Waals surface area contributed by atoms with E-state index in [2.05, 4.69) is 55.7 Å². The van der Waals surface area contributed by atoms with Gasteiger partial charge in [0.05, 0.1) is 49.1 Å². The van der Waals surface area contributed by atoms with Crippen molar-refractivity contribution in [2.24, 2.45) is 11.8 Å². The molecule has 5 N–H and O–H groups in total. The molecule has 2 amide bonds. The maximum Gasteiger partial charge on any atom is 0.407 e. The number of nitrogens with one attached hydrogen (secondary N) is 2. The second-order valence-electron chi connectivity index (χ2n) is 25.9. The standard InChI is InChI=1S/C70H88N2O17Si/c1-6-52-62(87-66-57(72-69(78)80-42-45-26-14-8-15-27-45)58(76)61-55(84-66)36-35-53(81-61)46-28-16-9-17-29-46)64(89-90(70(3,4)5,48-30-18-10-19-31-48)49-32-20-11-21-33-49)67(82-52)88-63-59(43(2)38-47-39-56(75)85-60(47)63)86-65-50(40-51(74)54(83-65)34-22-23-37-73)71-68(77)79-41-44-24-12-7-13-25-44/h7-21,24-33,43,47,50-55,57-67,73-74,76H,6,22-23,34-42H2,1-5H3,(H,71,77)(H,72,78)/t43-,47-,50+,51-,52+,53?,54+,55-,57+,58+,59+,60-,61+,62+,63-,64+,65+,66+,67-/m0/s1. The van der Waals surface area contributed by atoms with Crippen LogP contribution in [-0.2, 0) is 69.8 Å². The van der Waals surface area contributed by atoms with E-state index in [1.807, 2.05) is 141 Å². The number of benzene rings is 5. The Bertz CT molecular complexity index is 3040. The van der Waals surface area contributed by atoms with E-state index in [9.17, 15) is 29.7 Å². The summed E-state index contributed by atoms with van der Waals surface area (Å²) >= 11 is 0. The normalized spacial score (nSPS) is 32.6. The zero-order valence-corrected chi connectivity index (χ0v) is 52.9. The van der Waals surface area contributed by atoms with Gasteiger partial charge in [0.25, 0.3) is 8.32 Å². The Labute approximate surface area is 528 Å². The molecular formula is C70H88N2O17Si. The van der Waals surface area contributed by atoms with Crippen molar-refractivity contribution in [2.75, 3.05) is 6.61 Å². The molecule has 5 aromatic carbocycles. The van der Waals surface area contributed by atoms with Crippen LogP contribution in [0.25, 0.3) is 0 Å². The minimum Gasteiger partial charge on any atom is -0.459 e. The molecule has 5 aromatic rings. The van der Waals surface area contributed by atoms with Crippen LogP contribution < -0.4 is 21.0 Å². The summed E-state index contributed by atoms with van der Waals surface area (Å²) in [6.45, 7) is 10.4. The number of unbranched alkanes of at least 4 members (excludes halogenated alkanes) is 1. The Hall–Kier alpha value is -6.11. The summed E-state index contributed by atoms with van der Waals surface area (Å²) in [7, 11) is -3.59. The number of hydrogen-bond acceptors (Lipinski definition) is 17. The molecule has 90 heavy (non-hydrogen) atoms. The molecule has 11 rings (SSSR count). The number of rotatable bonds is 22. The summed E-state index contributed by atoms with van der Waals surface area (Å²) in [5.41, 5.74) is 2.51. The fraction of sp³-hybridized carbons (Fsp3) is 0.529. The van der Waals surface area contributed by atoms with Gasteiger partial charge in [-0.25, -0.2) is 9.59 Å². The minimum absolute atomic E-state index is 0.000714. The van der Waals surface area contributed by atoms with Crippen molar-refractivity contribution in [1.29, 1.82) is 0 Å². The quantitative estimate of drug-likeness (QED) is 0.0189. The van der Waals surface area contributed by atoms with Gasteiger partial charge in [-0.15, -0.1) is 0 Å². The van der Waals surface area contributed by atoms with E-state index < -0.39 is 124 Å². The third kappa shape index (κ3) is 14.9. The number of aliphatic hydroxyl groups is 3. The van der Waals surface area contributed by atoms with E-state index in [0.29, 0.717) is 44.9 Å². The van der Waals surface area contributed by atoms with E-state index in [1.54, 1.807) is 0 Å². The number of ether oxygens (including phenoxy) is 10. The largest absolute Gasteiger partial charge is 0.459 e. The summed E-state index contributed by atoms with van der Waals surface area (Å²) in [6.07, 6.45) is -12.3. The molecule has 5 aliphatic heterocycles. The van der Waals surface area contributed by atoms with Gasteiger partial charge in [0.2, 0.25) is 0 Å². The van der Waals surface area contributed by atoms with Crippen molar-refractivity contribution in [3.05, 3.63) is 168 Å². The van der Waals surface area contributed by atoms with E-state index in [1.165, 1.54) is 0 Å². The number of hydrogen-bond donors (Lipinski definition) is 5. The van der Waals surface area contributed by atoms with Gasteiger partial charge < -0.3 is 77.7 Å². The molecule has 484 valence electrons. The molecule has 6 fully saturated rings. The van der Waals surface area contributed by atoms with E-state index >= 15 is 0 Å². The molecule has 19 nitrogen and oxygen atoms in total. The van der Waals surface area contributed by atoms with Crippen LogP contribution in [0.3, 0.4) is 0 Å². The first-order valence-corrected chi connectivity index (χ1v) is 34.0. The zero-order chi connectivity index (χ0) is 62.9. The number of esters is 1. The van der Waals surface area contributed by atoms with Crippen LogP contribution in [0.2, 0.25) is 5.04 Å². The highest BCUT2D eigenvalue weighted by Crippen LogP contribution is 2.47. The van der Waals surface area contributed by atoms with Crippen molar-refractivity contribution in [3.8, 4) is 0 Å². The van der Waals surface area contributed by atoms with Crippen molar-refractivity contribution in [1.82, 2.24) is 10.6 Å². The van der Waals surface area contributed by atoms with Crippen LogP contribution in [0, 0.1) is 11.8 Å². The molecule has 0 aromatic heterocycles. The Balaban J connectivity index is 0.964. The molecular weight excluding hydrogens is 1170 g/mol. The third-order valence-electron chi connectivity index (χ3n) is 18.7. The van der Waals surface area contributed by atoms with Crippen LogP contribution in [0.5, 0.6) is 0 Å². The first-order valence-electron chi connectivity index (χ1n) is 32.1. The topological polar surface area (TPSA) is 237 Å². The maximum absolute atomic E-state index is 14.1. The zero-order valence-electron chi connectivity index (χ0n) is 51.9. The molecule has 0 bridgehead atoms. The third-order valence-corrected chi connectivity index (χ3v) is 23.7. The van der Waals surface area contributed by atoms with Crippen LogP contribution in [0.1, 0.15) is 115 Å². The highest BCUT2D eigenvalue weighted by Gasteiger charge is 2.61. The summed E-state index contributed by atoms with van der Waals surface area (Å²) in [5.74, 6) is -0.963. The van der Waals surface area contributed by atoms with Gasteiger partial charge >= 0.3 is 18.2 Å². The van der Waals surface area contributed by atoms with Gasteiger partial charge in [-0.3, -0.25) is 4.79 Å². The predicted molar refractivity (Wildman–Crippen MR) is 333 cm³/mol. The fourth-order valence-corrected chi connectivity index (χ4v) is 18.9. The summed E-state index contributed by atoms with van der Waals surface area (Å²) in [6, 6.07) is 46.6. The number of aliphatic hydroxyl groups excluding tert-OH is 3. The number of amides is 2. The fourth-order valence-electron chi connectivity index (χ4n) is 14.2. The Morgan fingerprint density at radius 2 is 1.19 bits per heavy atom. The highest BCUT2D eigenvalue weighted by molar-refractivity contribution is 6.99. The van der Waals surface area contributed by atoms with Crippen molar-refractivity contribution < 1.29 is 81.5 Å². The smallest absolute Gasteiger partial charge is 0.407 e. The molecule has 6 aliphatic rings. The maximum atomic E-state index is 14.1. The Morgan fingerprint density at radius 3 is 1.79 bits per heavy atom. The minimum atomic E-state index is -3.59. The van der Waals surface area contributed by atoms with E-state index in [4.69, 9.17) is 51.8 Å². The Morgan fingerprint density at radius 1 is 0.622 bits per heavy atom. The lowest BCUT2D eigenvalue weighted by Crippen LogP contribution is -2.70. The summed E-state index contributed by atoms with van der Waals surface area (Å²) in [5, 5.41) is 41.3. The molecule has 1 aliphatic carbocycles. The first-order chi connectivity index (χ1) is 43.6. The van der Waals surface area contributed by atoms with Crippen molar-refractivity contribution in [2.45, 2.75) is 215 Å². The molecule has 5 heterocycles. The summed E-state index contributed by atoms with van der Waals surface area (Å²) < 4.78 is 75.7. The molecule has 1 unspecified atom stereocenters. The van der Waals surface area contributed by atoms with Gasteiger partial charge in [0.15, 0.2) is 18.9 Å². The lowest BCUT2D eigenvalue weighted by molar-refractivity contribution is -0.309. The first kappa shape index (κ1) is 65.4. The highest BCUT2D eigenvalue weighted by atomic mass is 28.4. The van der Waals surface area contributed by atoms with Crippen molar-refractivity contribution >= 4 is 36.8 Å². The van der Waals surface area contributed by atoms with Gasteiger partial charge in [0, 0.05) is 18.9 Å². The monoisotopic (exact) mass is 1260 g/mol. The van der Waals surface area contributed by atoms with Gasteiger partial charge in [-0.2, -0.15) is 0 Å². The predicted octanol–water partition coefficient (Wildman–Crippen LogP) is 8.43. The number of fused-ring (bicyclic) bond motifs is 2. The second kappa shape index (κ2) is 29.7. The van der Waals surface area contributed by atoms with Gasteiger partial charge in [0.1, 0.15) is 55.9 Å². The average molecular weight is 1260 g/mol. The lowest BCUT2D eigenvalue weighted by Gasteiger charge is -2.50. The average Bonchev–Trinajstić information content (AvgIpc) is 1.27. The lowest BCUT2D eigenvalue weighted by atomic mass is 9.76. The van der Waals surface area contributed by atoms with Crippen LogP contribution >= 0.6 is 0 Å². The van der Waals surface area contributed by atoms with E-state index in [0.717, 1.165) is 27.1 Å². The number of alkyl carbamates (subject to hydrolysis) is 2. The molecule has 0 spiro atoms. The SMILES string of the molecule is CC[C@H]1O[C@@H](O[C@@H]2[C@H]3OC(=O)C[C@@H]3C[C@H](C)[C@H]2O[C@H]2O[C@H](CCCCO)[C@@H](O)C[C@H]2NC(=O)OCc2ccccc2)[C@H](O[Si](c2ccccc2)(c2ccccc2)C(C)(C)C)[C@@H]1O[C@H]1O[C@H]2CCC(c3ccccc3)O[C@H]2[C@H](O)[C@H]1NC(=O)OCc1ccccc1. The van der Waals surface area contributed by atoms with E-state index in [-0.39, 0.29) is 56.6 Å². The molecule has 0 radical (unpaired) electrons. The van der Waals surface area contributed by atoms with Crippen LogP contribution in [0.4, 0.5) is 9.59 Å². The molecule has 5 saturated heterocycles. The van der Waals surface area contributed by atoms with Gasteiger partial charge in [-0.1, -0.05) is 186 Å². The molecule has 19 atom stereocenters. The summed E-state index contributed by atoms with van der Waals surface area (Å²) in [4.78, 5) is 41.4. The number of carbonyl (C=O) groups is 3. The number of carbonyl (C=O) groups excluding carboxylic acids is 3. The van der Waals surface area contributed by atoms with Crippen LogP contribution in [-0.4, -0.2) is 146 Å². The van der Waals surface area contributed by atoms with Crippen LogP contribution in [0.15, 0.2) is 152 Å². The van der Waals surface area contributed by atoms with Crippen molar-refractivity contribution in [3.63, 3.8) is 0 Å².